The van der Waals surface area contributed by atoms with Crippen molar-refractivity contribution >= 4 is 11.6 Å². The summed E-state index contributed by atoms with van der Waals surface area (Å²) in [4.78, 5) is 10.6. The van der Waals surface area contributed by atoms with Gasteiger partial charge in [-0.05, 0) is 6.92 Å². The SMILES string of the molecule is CCNc1cc(N(CCO)CCO)nc(CC)n1. The Hall–Kier alpha value is -1.40. The van der Waals surface area contributed by atoms with E-state index in [0.29, 0.717) is 13.1 Å². The van der Waals surface area contributed by atoms with E-state index in [1.165, 1.54) is 0 Å². The molecule has 0 saturated heterocycles. The first-order chi connectivity index (χ1) is 8.74. The normalized spacial score (nSPS) is 10.4. The number of nitrogens with one attached hydrogen (secondary N) is 1. The molecule has 18 heavy (non-hydrogen) atoms. The Labute approximate surface area is 108 Å². The second kappa shape index (κ2) is 7.84. The fourth-order valence-electron chi connectivity index (χ4n) is 1.66. The van der Waals surface area contributed by atoms with E-state index in [1.54, 1.807) is 0 Å². The maximum atomic E-state index is 9.04. The summed E-state index contributed by atoms with van der Waals surface area (Å²) < 4.78 is 0. The van der Waals surface area contributed by atoms with E-state index >= 15 is 0 Å². The average Bonchev–Trinajstić information content (AvgIpc) is 2.38. The van der Waals surface area contributed by atoms with Gasteiger partial charge in [-0.2, -0.15) is 0 Å². The van der Waals surface area contributed by atoms with Gasteiger partial charge in [0.05, 0.1) is 13.2 Å². The molecule has 0 bridgehead atoms. The van der Waals surface area contributed by atoms with Crippen LogP contribution in [0.1, 0.15) is 19.7 Å². The van der Waals surface area contributed by atoms with Crippen LogP contribution in [-0.2, 0) is 6.42 Å². The van der Waals surface area contributed by atoms with Gasteiger partial charge >= 0.3 is 0 Å². The Morgan fingerprint density at radius 3 is 2.33 bits per heavy atom. The van der Waals surface area contributed by atoms with Crippen molar-refractivity contribution in [2.45, 2.75) is 20.3 Å². The molecule has 6 heteroatoms. The van der Waals surface area contributed by atoms with Crippen molar-refractivity contribution in [3.8, 4) is 0 Å². The van der Waals surface area contributed by atoms with Gasteiger partial charge < -0.3 is 20.4 Å². The lowest BCUT2D eigenvalue weighted by Crippen LogP contribution is -2.31. The summed E-state index contributed by atoms with van der Waals surface area (Å²) in [5.74, 6) is 2.27. The molecule has 0 amide bonds. The van der Waals surface area contributed by atoms with Gasteiger partial charge in [0.25, 0.3) is 0 Å². The molecular weight excluding hydrogens is 232 g/mol. The third-order valence-electron chi connectivity index (χ3n) is 2.50. The molecule has 1 rings (SSSR count). The Balaban J connectivity index is 2.99. The quantitative estimate of drug-likeness (QED) is 0.617. The van der Waals surface area contributed by atoms with Crippen LogP contribution in [0.3, 0.4) is 0 Å². The van der Waals surface area contributed by atoms with Gasteiger partial charge in [0.15, 0.2) is 0 Å². The third kappa shape index (κ3) is 4.12. The van der Waals surface area contributed by atoms with Crippen molar-refractivity contribution in [2.75, 3.05) is 43.1 Å². The van der Waals surface area contributed by atoms with Gasteiger partial charge in [-0.25, -0.2) is 9.97 Å². The molecule has 0 aliphatic rings. The van der Waals surface area contributed by atoms with Gasteiger partial charge in [0.1, 0.15) is 17.5 Å². The highest BCUT2D eigenvalue weighted by atomic mass is 16.3. The number of aliphatic hydroxyl groups excluding tert-OH is 2. The maximum absolute atomic E-state index is 9.04. The van der Waals surface area contributed by atoms with Crippen molar-refractivity contribution in [2.24, 2.45) is 0 Å². The Bertz CT molecular complexity index is 354. The average molecular weight is 254 g/mol. The topological polar surface area (TPSA) is 81.5 Å². The van der Waals surface area contributed by atoms with Crippen LogP contribution in [-0.4, -0.2) is 53.0 Å². The van der Waals surface area contributed by atoms with E-state index in [9.17, 15) is 0 Å². The zero-order chi connectivity index (χ0) is 13.4. The molecule has 1 heterocycles. The molecule has 102 valence electrons. The molecule has 1 aromatic heterocycles. The standard InChI is InChI=1S/C12H22N4O2/c1-3-10-14-11(13-4-2)9-12(15-10)16(5-7-17)6-8-18/h9,17-18H,3-8H2,1-2H3,(H,13,14,15). The van der Waals surface area contributed by atoms with E-state index in [-0.39, 0.29) is 13.2 Å². The van der Waals surface area contributed by atoms with Crippen LogP contribution in [0.25, 0.3) is 0 Å². The molecule has 0 atom stereocenters. The van der Waals surface area contributed by atoms with E-state index in [4.69, 9.17) is 10.2 Å². The van der Waals surface area contributed by atoms with Crippen LogP contribution in [0, 0.1) is 0 Å². The predicted molar refractivity (Wildman–Crippen MR) is 72.0 cm³/mol. The monoisotopic (exact) mass is 254 g/mol. The summed E-state index contributed by atoms with van der Waals surface area (Å²) in [6.07, 6.45) is 0.748. The first-order valence-electron chi connectivity index (χ1n) is 6.33. The minimum atomic E-state index is 0.0298. The highest BCUT2D eigenvalue weighted by molar-refractivity contribution is 5.49. The first-order valence-corrected chi connectivity index (χ1v) is 6.33. The number of aliphatic hydroxyl groups is 2. The Morgan fingerprint density at radius 2 is 1.83 bits per heavy atom. The Kier molecular flexibility index (Phi) is 6.38. The summed E-state index contributed by atoms with van der Waals surface area (Å²) in [5, 5.41) is 21.2. The number of aryl methyl sites for hydroxylation is 1. The van der Waals surface area contributed by atoms with Crippen LogP contribution in [0.15, 0.2) is 6.07 Å². The van der Waals surface area contributed by atoms with Crippen molar-refractivity contribution < 1.29 is 10.2 Å². The van der Waals surface area contributed by atoms with Gasteiger partial charge in [0.2, 0.25) is 0 Å². The van der Waals surface area contributed by atoms with Gasteiger partial charge in [0, 0.05) is 32.1 Å². The van der Waals surface area contributed by atoms with Crippen molar-refractivity contribution in [3.05, 3.63) is 11.9 Å². The van der Waals surface area contributed by atoms with Crippen LogP contribution in [0.4, 0.5) is 11.6 Å². The molecule has 0 unspecified atom stereocenters. The molecule has 1 aromatic rings. The minimum Gasteiger partial charge on any atom is -0.395 e. The highest BCUT2D eigenvalue weighted by Gasteiger charge is 2.10. The van der Waals surface area contributed by atoms with Crippen LogP contribution >= 0.6 is 0 Å². The molecule has 0 saturated carbocycles. The molecule has 3 N–H and O–H groups in total. The largest absolute Gasteiger partial charge is 0.395 e. The van der Waals surface area contributed by atoms with Crippen molar-refractivity contribution in [3.63, 3.8) is 0 Å². The molecule has 0 spiro atoms. The van der Waals surface area contributed by atoms with Gasteiger partial charge in [-0.15, -0.1) is 0 Å². The number of rotatable bonds is 8. The molecular formula is C12H22N4O2. The van der Waals surface area contributed by atoms with Crippen LogP contribution < -0.4 is 10.2 Å². The summed E-state index contributed by atoms with van der Waals surface area (Å²) in [5.41, 5.74) is 0. The smallest absolute Gasteiger partial charge is 0.134 e. The Morgan fingerprint density at radius 1 is 1.17 bits per heavy atom. The highest BCUT2D eigenvalue weighted by Crippen LogP contribution is 2.16. The lowest BCUT2D eigenvalue weighted by molar-refractivity contribution is 0.280. The maximum Gasteiger partial charge on any atom is 0.134 e. The number of hydrogen-bond donors (Lipinski definition) is 3. The zero-order valence-corrected chi connectivity index (χ0v) is 11.1. The lowest BCUT2D eigenvalue weighted by atomic mass is 10.3. The van der Waals surface area contributed by atoms with E-state index in [0.717, 1.165) is 30.4 Å². The van der Waals surface area contributed by atoms with E-state index in [1.807, 2.05) is 24.8 Å². The number of nitrogens with zero attached hydrogens (tertiary/aromatic N) is 3. The van der Waals surface area contributed by atoms with Gasteiger partial charge in [-0.1, -0.05) is 6.92 Å². The van der Waals surface area contributed by atoms with Gasteiger partial charge in [-0.3, -0.25) is 0 Å². The molecule has 6 nitrogen and oxygen atoms in total. The van der Waals surface area contributed by atoms with Crippen molar-refractivity contribution in [1.29, 1.82) is 0 Å². The first kappa shape index (κ1) is 14.7. The third-order valence-corrected chi connectivity index (χ3v) is 2.50. The molecule has 0 aromatic carbocycles. The fraction of sp³-hybridized carbons (Fsp3) is 0.667. The number of anilines is 2. The summed E-state index contributed by atoms with van der Waals surface area (Å²) in [6, 6.07) is 1.84. The number of aromatic nitrogens is 2. The van der Waals surface area contributed by atoms with Crippen LogP contribution in [0.5, 0.6) is 0 Å². The van der Waals surface area contributed by atoms with E-state index in [2.05, 4.69) is 15.3 Å². The second-order valence-corrected chi connectivity index (χ2v) is 3.85. The van der Waals surface area contributed by atoms with Crippen LogP contribution in [0.2, 0.25) is 0 Å². The molecule has 0 radical (unpaired) electrons. The fourth-order valence-corrected chi connectivity index (χ4v) is 1.66. The predicted octanol–water partition coefficient (Wildman–Crippen LogP) is 0.262. The summed E-state index contributed by atoms with van der Waals surface area (Å²) in [6.45, 7) is 5.76. The second-order valence-electron chi connectivity index (χ2n) is 3.85. The minimum absolute atomic E-state index is 0.0298. The zero-order valence-electron chi connectivity index (χ0n) is 11.1. The summed E-state index contributed by atoms with van der Waals surface area (Å²) >= 11 is 0. The van der Waals surface area contributed by atoms with Crippen molar-refractivity contribution in [1.82, 2.24) is 9.97 Å². The lowest BCUT2D eigenvalue weighted by Gasteiger charge is -2.22. The molecule has 0 aliphatic heterocycles. The van der Waals surface area contributed by atoms with E-state index < -0.39 is 0 Å². The number of hydrogen-bond acceptors (Lipinski definition) is 6. The molecule has 0 aliphatic carbocycles. The summed E-state index contributed by atoms with van der Waals surface area (Å²) in [7, 11) is 0. The molecule has 0 fully saturated rings.